The van der Waals surface area contributed by atoms with Crippen molar-refractivity contribution in [2.45, 2.75) is 38.3 Å². The number of ether oxygens (including phenoxy) is 1. The summed E-state index contributed by atoms with van der Waals surface area (Å²) >= 11 is 0. The van der Waals surface area contributed by atoms with Crippen LogP contribution in [0.2, 0.25) is 0 Å². The number of nitrogens with zero attached hydrogens (tertiary/aromatic N) is 5. The Morgan fingerprint density at radius 1 is 1.17 bits per heavy atom. The van der Waals surface area contributed by atoms with E-state index >= 15 is 0 Å². The number of aromatic nitrogens is 3. The van der Waals surface area contributed by atoms with Crippen molar-refractivity contribution in [2.24, 2.45) is 5.92 Å². The third-order valence-corrected chi connectivity index (χ3v) is 6.13. The molecule has 30 heavy (non-hydrogen) atoms. The van der Waals surface area contributed by atoms with Crippen LogP contribution < -0.4 is 15.0 Å². The standard InChI is InChI=1S/C22H30N6O2/c1-30-22-20(24-9-10-25-22)27-12-6-19(7-13-27)28-11-3-5-18(16-28)21(29)26-15-17-4-2-8-23-14-17/h2,4,8-10,14,18-19H,3,5-7,11-13,15-16H2,1H3,(H,26,29)/t18-/m0/s1. The molecule has 1 N–H and O–H groups in total. The van der Waals surface area contributed by atoms with Crippen molar-refractivity contribution in [1.82, 2.24) is 25.2 Å². The second-order valence-corrected chi connectivity index (χ2v) is 8.02. The van der Waals surface area contributed by atoms with Gasteiger partial charge in [0.1, 0.15) is 0 Å². The number of hydrogen-bond acceptors (Lipinski definition) is 7. The highest BCUT2D eigenvalue weighted by molar-refractivity contribution is 5.79. The quantitative estimate of drug-likeness (QED) is 0.778. The molecule has 0 radical (unpaired) electrons. The number of carbonyl (C=O) groups excluding carboxylic acids is 1. The average molecular weight is 411 g/mol. The Hall–Kier alpha value is -2.74. The number of piperidine rings is 2. The van der Waals surface area contributed by atoms with E-state index < -0.39 is 0 Å². The molecule has 2 aromatic heterocycles. The van der Waals surface area contributed by atoms with E-state index in [4.69, 9.17) is 4.74 Å². The fraction of sp³-hybridized carbons (Fsp3) is 0.545. The lowest BCUT2D eigenvalue weighted by atomic mass is 9.93. The largest absolute Gasteiger partial charge is 0.478 e. The van der Waals surface area contributed by atoms with Gasteiger partial charge in [0, 0.05) is 57.0 Å². The number of carbonyl (C=O) groups is 1. The van der Waals surface area contributed by atoms with Crippen LogP contribution >= 0.6 is 0 Å². The van der Waals surface area contributed by atoms with Gasteiger partial charge >= 0.3 is 0 Å². The third-order valence-electron chi connectivity index (χ3n) is 6.13. The minimum absolute atomic E-state index is 0.0635. The molecule has 4 rings (SSSR count). The topological polar surface area (TPSA) is 83.5 Å². The van der Waals surface area contributed by atoms with Gasteiger partial charge in [-0.3, -0.25) is 14.7 Å². The monoisotopic (exact) mass is 410 g/mol. The van der Waals surface area contributed by atoms with Crippen molar-refractivity contribution < 1.29 is 9.53 Å². The zero-order valence-electron chi connectivity index (χ0n) is 17.5. The molecule has 4 heterocycles. The molecule has 2 aromatic rings. The molecule has 160 valence electrons. The molecule has 0 spiro atoms. The Labute approximate surface area is 177 Å². The molecule has 2 aliphatic heterocycles. The Morgan fingerprint density at radius 2 is 2.00 bits per heavy atom. The summed E-state index contributed by atoms with van der Waals surface area (Å²) in [6.07, 6.45) is 11.1. The van der Waals surface area contributed by atoms with Gasteiger partial charge in [0.25, 0.3) is 5.88 Å². The fourth-order valence-electron chi connectivity index (χ4n) is 4.51. The van der Waals surface area contributed by atoms with Crippen LogP contribution in [0.15, 0.2) is 36.9 Å². The summed E-state index contributed by atoms with van der Waals surface area (Å²) in [4.78, 5) is 30.3. The Balaban J connectivity index is 1.28. The Morgan fingerprint density at radius 3 is 2.77 bits per heavy atom. The van der Waals surface area contributed by atoms with Gasteiger partial charge in [-0.2, -0.15) is 0 Å². The van der Waals surface area contributed by atoms with Gasteiger partial charge in [-0.25, -0.2) is 9.97 Å². The van der Waals surface area contributed by atoms with Crippen LogP contribution in [0, 0.1) is 5.92 Å². The number of likely N-dealkylation sites (tertiary alicyclic amines) is 1. The normalized spacial score (nSPS) is 20.7. The molecule has 1 atom stereocenters. The second kappa shape index (κ2) is 9.84. The van der Waals surface area contributed by atoms with E-state index in [1.807, 2.05) is 12.1 Å². The van der Waals surface area contributed by atoms with E-state index in [9.17, 15) is 4.79 Å². The van der Waals surface area contributed by atoms with Gasteiger partial charge in [0.2, 0.25) is 5.91 Å². The molecule has 8 nitrogen and oxygen atoms in total. The van der Waals surface area contributed by atoms with E-state index in [-0.39, 0.29) is 11.8 Å². The average Bonchev–Trinajstić information content (AvgIpc) is 2.83. The molecular formula is C22H30N6O2. The molecule has 2 fully saturated rings. The summed E-state index contributed by atoms with van der Waals surface area (Å²) in [5.74, 6) is 1.63. The van der Waals surface area contributed by atoms with E-state index in [1.54, 1.807) is 31.9 Å². The van der Waals surface area contributed by atoms with E-state index in [2.05, 4.69) is 30.1 Å². The lowest BCUT2D eigenvalue weighted by molar-refractivity contribution is -0.127. The third kappa shape index (κ3) is 4.87. The van der Waals surface area contributed by atoms with Crippen molar-refractivity contribution in [2.75, 3.05) is 38.2 Å². The first-order valence-electron chi connectivity index (χ1n) is 10.7. The first kappa shape index (κ1) is 20.5. The number of methoxy groups -OCH3 is 1. The van der Waals surface area contributed by atoms with Crippen molar-refractivity contribution >= 4 is 11.7 Å². The first-order valence-corrected chi connectivity index (χ1v) is 10.7. The highest BCUT2D eigenvalue weighted by atomic mass is 16.5. The van der Waals surface area contributed by atoms with Gasteiger partial charge in [-0.1, -0.05) is 6.07 Å². The number of rotatable bonds is 6. The fourth-order valence-corrected chi connectivity index (χ4v) is 4.51. The minimum Gasteiger partial charge on any atom is -0.478 e. The van der Waals surface area contributed by atoms with Crippen LogP contribution in [0.4, 0.5) is 5.82 Å². The molecule has 1 amide bonds. The molecule has 0 aliphatic carbocycles. The maximum absolute atomic E-state index is 12.7. The predicted molar refractivity (Wildman–Crippen MR) is 114 cm³/mol. The van der Waals surface area contributed by atoms with Crippen LogP contribution in [-0.4, -0.2) is 65.1 Å². The van der Waals surface area contributed by atoms with Crippen LogP contribution in [0.3, 0.4) is 0 Å². The van der Waals surface area contributed by atoms with Crippen LogP contribution in [-0.2, 0) is 11.3 Å². The van der Waals surface area contributed by atoms with Crippen molar-refractivity contribution in [3.63, 3.8) is 0 Å². The Kier molecular flexibility index (Phi) is 6.74. The van der Waals surface area contributed by atoms with E-state index in [0.29, 0.717) is 18.5 Å². The van der Waals surface area contributed by atoms with E-state index in [1.165, 1.54) is 0 Å². The zero-order chi connectivity index (χ0) is 20.8. The van der Waals surface area contributed by atoms with Gasteiger partial charge in [-0.05, 0) is 43.9 Å². The number of amides is 1. The summed E-state index contributed by atoms with van der Waals surface area (Å²) in [5, 5.41) is 3.09. The first-order chi connectivity index (χ1) is 14.7. The van der Waals surface area contributed by atoms with Crippen molar-refractivity contribution in [3.05, 3.63) is 42.5 Å². The molecule has 2 saturated heterocycles. The van der Waals surface area contributed by atoms with Crippen molar-refractivity contribution in [3.8, 4) is 5.88 Å². The lowest BCUT2D eigenvalue weighted by Gasteiger charge is -2.42. The number of hydrogen-bond donors (Lipinski definition) is 1. The molecule has 2 aliphatic rings. The summed E-state index contributed by atoms with van der Waals surface area (Å²) in [6.45, 7) is 4.31. The molecule has 8 heteroatoms. The summed E-state index contributed by atoms with van der Waals surface area (Å²) in [6, 6.07) is 4.39. The Bertz CT molecular complexity index is 825. The molecule has 0 unspecified atom stereocenters. The van der Waals surface area contributed by atoms with E-state index in [0.717, 1.165) is 63.2 Å². The van der Waals surface area contributed by atoms with Crippen LogP contribution in [0.5, 0.6) is 5.88 Å². The predicted octanol–water partition coefficient (Wildman–Crippen LogP) is 1.88. The van der Waals surface area contributed by atoms with Crippen LogP contribution in [0.1, 0.15) is 31.2 Å². The number of pyridine rings is 1. The number of anilines is 1. The molecule has 0 bridgehead atoms. The maximum Gasteiger partial charge on any atom is 0.257 e. The molecule has 0 aromatic carbocycles. The van der Waals surface area contributed by atoms with Gasteiger partial charge in [0.15, 0.2) is 5.82 Å². The lowest BCUT2D eigenvalue weighted by Crippen LogP contribution is -2.51. The minimum atomic E-state index is 0.0635. The zero-order valence-corrected chi connectivity index (χ0v) is 17.5. The SMILES string of the molecule is COc1nccnc1N1CCC(N2CCC[C@H](C(=O)NCc3cccnc3)C2)CC1. The van der Waals surface area contributed by atoms with Crippen LogP contribution in [0.25, 0.3) is 0 Å². The van der Waals surface area contributed by atoms with Gasteiger partial charge in [0.05, 0.1) is 13.0 Å². The molecule has 0 saturated carbocycles. The highest BCUT2D eigenvalue weighted by Crippen LogP contribution is 2.29. The maximum atomic E-state index is 12.7. The second-order valence-electron chi connectivity index (χ2n) is 8.02. The molecular weight excluding hydrogens is 380 g/mol. The van der Waals surface area contributed by atoms with Crippen molar-refractivity contribution in [1.29, 1.82) is 0 Å². The smallest absolute Gasteiger partial charge is 0.257 e. The summed E-state index contributed by atoms with van der Waals surface area (Å²) in [7, 11) is 1.63. The summed E-state index contributed by atoms with van der Waals surface area (Å²) in [5.41, 5.74) is 1.03. The highest BCUT2D eigenvalue weighted by Gasteiger charge is 2.32. The summed E-state index contributed by atoms with van der Waals surface area (Å²) < 4.78 is 5.36. The van der Waals surface area contributed by atoms with Gasteiger partial charge < -0.3 is 15.0 Å². The van der Waals surface area contributed by atoms with Gasteiger partial charge in [-0.15, -0.1) is 0 Å². The number of nitrogens with one attached hydrogen (secondary N) is 1.